The van der Waals surface area contributed by atoms with Crippen molar-refractivity contribution in [1.29, 1.82) is 0 Å². The molecule has 0 spiro atoms. The average molecular weight is 451 g/mol. The normalized spacial score (nSPS) is 17.8. The van der Waals surface area contributed by atoms with Crippen LogP contribution >= 0.6 is 11.6 Å². The molecule has 2 atom stereocenters. The second-order valence-electron chi connectivity index (χ2n) is 8.19. The summed E-state index contributed by atoms with van der Waals surface area (Å²) in [6.07, 6.45) is 3.41. The van der Waals surface area contributed by atoms with E-state index in [1.807, 2.05) is 59.5 Å². The summed E-state index contributed by atoms with van der Waals surface area (Å²) in [7, 11) is 1.77. The first-order valence-electron chi connectivity index (χ1n) is 10.9. The highest BCUT2D eigenvalue weighted by atomic mass is 35.5. The predicted octanol–water partition coefficient (Wildman–Crippen LogP) is 5.67. The summed E-state index contributed by atoms with van der Waals surface area (Å²) in [4.78, 5) is 31.0. The fourth-order valence-corrected chi connectivity index (χ4v) is 4.64. The van der Waals surface area contributed by atoms with E-state index in [1.165, 1.54) is 0 Å². The molecule has 2 aromatic carbocycles. The van der Waals surface area contributed by atoms with Gasteiger partial charge >= 0.3 is 0 Å². The van der Waals surface area contributed by atoms with Gasteiger partial charge in [0.05, 0.1) is 24.8 Å². The van der Waals surface area contributed by atoms with Crippen LogP contribution in [0.3, 0.4) is 0 Å². The predicted molar refractivity (Wildman–Crippen MR) is 125 cm³/mol. The molecule has 3 aromatic rings. The number of fused-ring (bicyclic) bond motifs is 1. The van der Waals surface area contributed by atoms with Crippen LogP contribution in [0.25, 0.3) is 0 Å². The van der Waals surface area contributed by atoms with Gasteiger partial charge in [-0.3, -0.25) is 9.59 Å². The Balaban J connectivity index is 1.82. The van der Waals surface area contributed by atoms with E-state index in [-0.39, 0.29) is 11.8 Å². The van der Waals surface area contributed by atoms with Gasteiger partial charge in [-0.25, -0.2) is 0 Å². The molecule has 32 heavy (non-hydrogen) atoms. The highest BCUT2D eigenvalue weighted by Gasteiger charge is 2.44. The molecule has 0 radical (unpaired) electrons. The quantitative estimate of drug-likeness (QED) is 0.465. The Morgan fingerprint density at radius 2 is 1.94 bits per heavy atom. The monoisotopic (exact) mass is 450 g/mol. The standard InChI is InChI=1S/C26H27ClN2O3/c1-3-4-14-29-24(18-9-7-10-19(27)16-18)23(21-12-5-6-13-22(21)25(29)30)26(31)28(2)17-20-11-8-15-32-20/h5-13,15-16,23-24H,3-4,14,17H2,1-2H3. The molecule has 0 saturated heterocycles. The van der Waals surface area contributed by atoms with Crippen molar-refractivity contribution in [2.24, 2.45) is 0 Å². The molecule has 0 N–H and O–H groups in total. The molecule has 1 aliphatic heterocycles. The number of carbonyl (C=O) groups is 2. The van der Waals surface area contributed by atoms with E-state index in [2.05, 4.69) is 6.92 Å². The molecule has 4 rings (SSSR count). The minimum Gasteiger partial charge on any atom is -0.467 e. The fraction of sp³-hybridized carbons (Fsp3) is 0.308. The lowest BCUT2D eigenvalue weighted by Gasteiger charge is -2.43. The molecule has 0 fully saturated rings. The number of furan rings is 1. The zero-order chi connectivity index (χ0) is 22.7. The zero-order valence-corrected chi connectivity index (χ0v) is 19.1. The van der Waals surface area contributed by atoms with E-state index in [0.717, 1.165) is 24.0 Å². The molecule has 0 aliphatic carbocycles. The SMILES string of the molecule is CCCCN1C(=O)c2ccccc2C(C(=O)N(C)Cc2ccco2)C1c1cccc(Cl)c1. The van der Waals surface area contributed by atoms with Crippen molar-refractivity contribution in [3.63, 3.8) is 0 Å². The van der Waals surface area contributed by atoms with Crippen molar-refractivity contribution in [3.8, 4) is 0 Å². The second kappa shape index (κ2) is 9.61. The van der Waals surface area contributed by atoms with E-state index in [9.17, 15) is 9.59 Å². The van der Waals surface area contributed by atoms with E-state index in [4.69, 9.17) is 16.0 Å². The molecule has 0 bridgehead atoms. The first-order chi connectivity index (χ1) is 15.5. The van der Waals surface area contributed by atoms with E-state index in [1.54, 1.807) is 24.3 Å². The third-order valence-corrected chi connectivity index (χ3v) is 6.23. The van der Waals surface area contributed by atoms with Gasteiger partial charge in [-0.1, -0.05) is 55.3 Å². The Kier molecular flexibility index (Phi) is 6.66. The lowest BCUT2D eigenvalue weighted by molar-refractivity contribution is -0.134. The molecule has 1 aliphatic rings. The first kappa shape index (κ1) is 22.2. The van der Waals surface area contributed by atoms with Crippen molar-refractivity contribution < 1.29 is 14.0 Å². The van der Waals surface area contributed by atoms with E-state index < -0.39 is 12.0 Å². The van der Waals surface area contributed by atoms with Gasteiger partial charge in [0.15, 0.2) is 0 Å². The lowest BCUT2D eigenvalue weighted by atomic mass is 9.78. The van der Waals surface area contributed by atoms with Gasteiger partial charge in [0, 0.05) is 24.2 Å². The summed E-state index contributed by atoms with van der Waals surface area (Å²) in [6, 6.07) is 18.2. The van der Waals surface area contributed by atoms with Crippen molar-refractivity contribution in [1.82, 2.24) is 9.80 Å². The number of carbonyl (C=O) groups excluding carboxylic acids is 2. The molecule has 6 heteroatoms. The third-order valence-electron chi connectivity index (χ3n) is 6.00. The molecule has 1 aromatic heterocycles. The molecule has 2 unspecified atom stereocenters. The van der Waals surface area contributed by atoms with Crippen molar-refractivity contribution >= 4 is 23.4 Å². The molecule has 0 saturated carbocycles. The number of nitrogens with zero attached hydrogens (tertiary/aromatic N) is 2. The van der Waals surface area contributed by atoms with Crippen LogP contribution < -0.4 is 0 Å². The van der Waals surface area contributed by atoms with Gasteiger partial charge < -0.3 is 14.2 Å². The molecule has 2 amide bonds. The molecule has 2 heterocycles. The summed E-state index contributed by atoms with van der Waals surface area (Å²) in [5.41, 5.74) is 2.21. The maximum atomic E-state index is 13.9. The number of halogens is 1. The van der Waals surface area contributed by atoms with Crippen LogP contribution in [-0.2, 0) is 11.3 Å². The Morgan fingerprint density at radius 1 is 1.12 bits per heavy atom. The summed E-state index contributed by atoms with van der Waals surface area (Å²) in [6.45, 7) is 3.03. The van der Waals surface area contributed by atoms with Gasteiger partial charge in [-0.2, -0.15) is 0 Å². The smallest absolute Gasteiger partial charge is 0.254 e. The molecular weight excluding hydrogens is 424 g/mol. The van der Waals surface area contributed by atoms with Gasteiger partial charge in [-0.05, 0) is 47.9 Å². The number of likely N-dealkylation sites (N-methyl/N-ethyl adjacent to an activating group) is 1. The largest absolute Gasteiger partial charge is 0.467 e. The van der Waals surface area contributed by atoms with Crippen LogP contribution in [0.15, 0.2) is 71.3 Å². The Hall–Kier alpha value is -3.05. The van der Waals surface area contributed by atoms with E-state index in [0.29, 0.717) is 29.4 Å². The van der Waals surface area contributed by atoms with Crippen molar-refractivity contribution in [2.75, 3.05) is 13.6 Å². The Labute approximate surface area is 193 Å². The minimum absolute atomic E-state index is 0.0447. The number of hydrogen-bond acceptors (Lipinski definition) is 3. The molecule has 5 nitrogen and oxygen atoms in total. The number of rotatable bonds is 7. The van der Waals surface area contributed by atoms with Crippen molar-refractivity contribution in [3.05, 3.63) is 94.4 Å². The fourth-order valence-electron chi connectivity index (χ4n) is 4.45. The van der Waals surface area contributed by atoms with Gasteiger partial charge in [0.1, 0.15) is 5.76 Å². The number of benzene rings is 2. The Morgan fingerprint density at radius 3 is 2.66 bits per heavy atom. The number of amides is 2. The van der Waals surface area contributed by atoms with E-state index >= 15 is 0 Å². The lowest BCUT2D eigenvalue weighted by Crippen LogP contribution is -2.48. The van der Waals surface area contributed by atoms with Crippen LogP contribution in [0.4, 0.5) is 0 Å². The summed E-state index contributed by atoms with van der Waals surface area (Å²) < 4.78 is 5.45. The Bertz CT molecular complexity index is 1100. The number of hydrogen-bond donors (Lipinski definition) is 0. The van der Waals surface area contributed by atoms with Crippen LogP contribution in [0.2, 0.25) is 5.02 Å². The highest BCUT2D eigenvalue weighted by Crippen LogP contribution is 2.44. The van der Waals surface area contributed by atoms with Crippen molar-refractivity contribution in [2.45, 2.75) is 38.3 Å². The summed E-state index contributed by atoms with van der Waals surface area (Å²) in [5.74, 6) is 0.0620. The second-order valence-corrected chi connectivity index (χ2v) is 8.63. The van der Waals surface area contributed by atoms with Gasteiger partial charge in [0.2, 0.25) is 5.91 Å². The number of unbranched alkanes of at least 4 members (excludes halogenated alkanes) is 1. The highest BCUT2D eigenvalue weighted by molar-refractivity contribution is 6.30. The van der Waals surface area contributed by atoms with Crippen LogP contribution in [0, 0.1) is 0 Å². The van der Waals surface area contributed by atoms with Crippen LogP contribution in [-0.4, -0.2) is 35.2 Å². The van der Waals surface area contributed by atoms with Crippen LogP contribution in [0.1, 0.15) is 59.0 Å². The first-order valence-corrected chi connectivity index (χ1v) is 11.3. The molecular formula is C26H27ClN2O3. The average Bonchev–Trinajstić information content (AvgIpc) is 3.31. The maximum Gasteiger partial charge on any atom is 0.254 e. The third kappa shape index (κ3) is 4.30. The van der Waals surface area contributed by atoms with Gasteiger partial charge in [-0.15, -0.1) is 0 Å². The maximum absolute atomic E-state index is 13.9. The summed E-state index contributed by atoms with van der Waals surface area (Å²) in [5, 5.41) is 0.583. The summed E-state index contributed by atoms with van der Waals surface area (Å²) >= 11 is 6.33. The topological polar surface area (TPSA) is 53.8 Å². The molecule has 166 valence electrons. The zero-order valence-electron chi connectivity index (χ0n) is 18.3. The van der Waals surface area contributed by atoms with Crippen LogP contribution in [0.5, 0.6) is 0 Å². The van der Waals surface area contributed by atoms with Gasteiger partial charge in [0.25, 0.3) is 5.91 Å². The minimum atomic E-state index is -0.542.